The SMILES string of the molecule is COC(C)(C)c1noc(CCC2CCNCC2)n1. The molecule has 0 bridgehead atoms. The van der Waals surface area contributed by atoms with Crippen molar-refractivity contribution in [2.75, 3.05) is 20.2 Å². The Hall–Kier alpha value is -0.940. The second kappa shape index (κ2) is 5.80. The molecule has 2 rings (SSSR count). The first-order valence-electron chi connectivity index (χ1n) is 6.71. The zero-order valence-corrected chi connectivity index (χ0v) is 11.5. The van der Waals surface area contributed by atoms with Gasteiger partial charge in [-0.25, -0.2) is 0 Å². The molecule has 0 radical (unpaired) electrons. The molecule has 1 aliphatic rings. The zero-order chi connectivity index (χ0) is 13.0. The predicted octanol–water partition coefficient (Wildman–Crippen LogP) is 1.88. The molecule has 1 N–H and O–H groups in total. The third-order valence-corrected chi connectivity index (χ3v) is 3.74. The number of hydrogen-bond donors (Lipinski definition) is 1. The van der Waals surface area contributed by atoms with Crippen LogP contribution in [0.4, 0.5) is 0 Å². The van der Waals surface area contributed by atoms with Crippen molar-refractivity contribution in [2.45, 2.75) is 45.1 Å². The number of methoxy groups -OCH3 is 1. The summed E-state index contributed by atoms with van der Waals surface area (Å²) in [5.41, 5.74) is -0.476. The van der Waals surface area contributed by atoms with E-state index >= 15 is 0 Å². The summed E-state index contributed by atoms with van der Waals surface area (Å²) in [5.74, 6) is 2.15. The Balaban J connectivity index is 1.86. The summed E-state index contributed by atoms with van der Waals surface area (Å²) >= 11 is 0. The molecule has 1 saturated heterocycles. The van der Waals surface area contributed by atoms with Gasteiger partial charge in [-0.05, 0) is 52.1 Å². The third kappa shape index (κ3) is 3.29. The van der Waals surface area contributed by atoms with Gasteiger partial charge < -0.3 is 14.6 Å². The summed E-state index contributed by atoms with van der Waals surface area (Å²) in [7, 11) is 1.66. The Bertz CT molecular complexity index is 370. The van der Waals surface area contributed by atoms with Crippen molar-refractivity contribution < 1.29 is 9.26 Å². The minimum Gasteiger partial charge on any atom is -0.371 e. The molecular weight excluding hydrogens is 230 g/mol. The molecule has 1 aromatic rings. The lowest BCUT2D eigenvalue weighted by molar-refractivity contribution is 0.00973. The molecule has 0 aliphatic carbocycles. The van der Waals surface area contributed by atoms with E-state index in [1.807, 2.05) is 13.8 Å². The number of nitrogens with zero attached hydrogens (tertiary/aromatic N) is 2. The van der Waals surface area contributed by atoms with Crippen molar-refractivity contribution in [1.29, 1.82) is 0 Å². The monoisotopic (exact) mass is 253 g/mol. The third-order valence-electron chi connectivity index (χ3n) is 3.74. The van der Waals surface area contributed by atoms with Gasteiger partial charge >= 0.3 is 0 Å². The minimum absolute atomic E-state index is 0.476. The van der Waals surface area contributed by atoms with Crippen LogP contribution in [0.2, 0.25) is 0 Å². The van der Waals surface area contributed by atoms with Gasteiger partial charge in [0.2, 0.25) is 11.7 Å². The van der Waals surface area contributed by atoms with Crippen LogP contribution in [0, 0.1) is 5.92 Å². The summed E-state index contributed by atoms with van der Waals surface area (Å²) in [5, 5.41) is 7.38. The summed E-state index contributed by atoms with van der Waals surface area (Å²) < 4.78 is 10.6. The molecule has 0 unspecified atom stereocenters. The first-order valence-corrected chi connectivity index (χ1v) is 6.71. The average molecular weight is 253 g/mol. The highest BCUT2D eigenvalue weighted by Crippen LogP contribution is 2.22. The van der Waals surface area contributed by atoms with Gasteiger partial charge in [0.25, 0.3) is 0 Å². The highest BCUT2D eigenvalue weighted by molar-refractivity contribution is 4.97. The van der Waals surface area contributed by atoms with Crippen molar-refractivity contribution in [3.05, 3.63) is 11.7 Å². The van der Waals surface area contributed by atoms with Gasteiger partial charge in [-0.2, -0.15) is 4.98 Å². The standard InChI is InChI=1S/C13H23N3O2/c1-13(2,17-3)12-15-11(18-16-12)5-4-10-6-8-14-9-7-10/h10,14H,4-9H2,1-3H3. The summed E-state index contributed by atoms with van der Waals surface area (Å²) in [6, 6.07) is 0. The first kappa shape index (κ1) is 13.5. The molecule has 18 heavy (non-hydrogen) atoms. The minimum atomic E-state index is -0.476. The van der Waals surface area contributed by atoms with E-state index in [1.54, 1.807) is 7.11 Å². The number of nitrogens with one attached hydrogen (secondary N) is 1. The lowest BCUT2D eigenvalue weighted by Gasteiger charge is -2.21. The largest absolute Gasteiger partial charge is 0.371 e. The molecule has 2 heterocycles. The predicted molar refractivity (Wildman–Crippen MR) is 68.2 cm³/mol. The number of hydrogen-bond acceptors (Lipinski definition) is 5. The van der Waals surface area contributed by atoms with E-state index in [2.05, 4.69) is 15.5 Å². The quantitative estimate of drug-likeness (QED) is 0.868. The van der Waals surface area contributed by atoms with Crippen molar-refractivity contribution in [3.8, 4) is 0 Å². The van der Waals surface area contributed by atoms with E-state index in [4.69, 9.17) is 9.26 Å². The topological polar surface area (TPSA) is 60.2 Å². The van der Waals surface area contributed by atoms with Crippen LogP contribution in [-0.4, -0.2) is 30.3 Å². The van der Waals surface area contributed by atoms with E-state index in [1.165, 1.54) is 12.8 Å². The van der Waals surface area contributed by atoms with Gasteiger partial charge in [-0.15, -0.1) is 0 Å². The van der Waals surface area contributed by atoms with Crippen LogP contribution in [-0.2, 0) is 16.8 Å². The molecule has 1 fully saturated rings. The number of ether oxygens (including phenoxy) is 1. The van der Waals surface area contributed by atoms with Gasteiger partial charge in [-0.3, -0.25) is 0 Å². The highest BCUT2D eigenvalue weighted by atomic mass is 16.5. The van der Waals surface area contributed by atoms with E-state index < -0.39 is 5.60 Å². The smallest absolute Gasteiger partial charge is 0.226 e. The normalized spacial score (nSPS) is 18.2. The lowest BCUT2D eigenvalue weighted by atomic mass is 9.93. The zero-order valence-electron chi connectivity index (χ0n) is 11.5. The molecule has 0 saturated carbocycles. The Kier molecular flexibility index (Phi) is 4.35. The van der Waals surface area contributed by atoms with Gasteiger partial charge in [0.15, 0.2) is 0 Å². The number of rotatable bonds is 5. The van der Waals surface area contributed by atoms with Crippen molar-refractivity contribution in [1.82, 2.24) is 15.5 Å². The molecule has 0 spiro atoms. The maximum Gasteiger partial charge on any atom is 0.226 e. The first-order chi connectivity index (χ1) is 8.62. The fourth-order valence-electron chi connectivity index (χ4n) is 2.19. The molecule has 1 aliphatic heterocycles. The van der Waals surface area contributed by atoms with E-state index in [-0.39, 0.29) is 0 Å². The second-order valence-corrected chi connectivity index (χ2v) is 5.46. The van der Waals surface area contributed by atoms with Crippen LogP contribution in [0.5, 0.6) is 0 Å². The number of piperidine rings is 1. The van der Waals surface area contributed by atoms with Crippen molar-refractivity contribution in [3.63, 3.8) is 0 Å². The van der Waals surface area contributed by atoms with Crippen molar-refractivity contribution in [2.24, 2.45) is 5.92 Å². The fraction of sp³-hybridized carbons (Fsp3) is 0.846. The molecule has 0 aromatic carbocycles. The molecule has 1 aromatic heterocycles. The average Bonchev–Trinajstić information content (AvgIpc) is 2.87. The Morgan fingerprint density at radius 2 is 2.11 bits per heavy atom. The summed E-state index contributed by atoms with van der Waals surface area (Å²) in [6.45, 7) is 6.15. The maximum atomic E-state index is 5.34. The molecule has 5 nitrogen and oxygen atoms in total. The second-order valence-electron chi connectivity index (χ2n) is 5.46. The number of aromatic nitrogens is 2. The number of aryl methyl sites for hydroxylation is 1. The van der Waals surface area contributed by atoms with E-state index in [0.29, 0.717) is 5.82 Å². The van der Waals surface area contributed by atoms with E-state index in [9.17, 15) is 0 Å². The molecule has 0 amide bonds. The van der Waals surface area contributed by atoms with Crippen LogP contribution in [0.1, 0.15) is 44.8 Å². The Morgan fingerprint density at radius 3 is 2.78 bits per heavy atom. The maximum absolute atomic E-state index is 5.34. The Morgan fingerprint density at radius 1 is 1.39 bits per heavy atom. The fourth-order valence-corrected chi connectivity index (χ4v) is 2.19. The van der Waals surface area contributed by atoms with Crippen LogP contribution in [0.3, 0.4) is 0 Å². The van der Waals surface area contributed by atoms with Crippen LogP contribution in [0.15, 0.2) is 4.52 Å². The summed E-state index contributed by atoms with van der Waals surface area (Å²) in [4.78, 5) is 4.42. The lowest BCUT2D eigenvalue weighted by Crippen LogP contribution is -2.27. The van der Waals surface area contributed by atoms with Gasteiger partial charge in [0.1, 0.15) is 5.60 Å². The molecular formula is C13H23N3O2. The van der Waals surface area contributed by atoms with Gasteiger partial charge in [0.05, 0.1) is 0 Å². The van der Waals surface area contributed by atoms with E-state index in [0.717, 1.165) is 37.7 Å². The summed E-state index contributed by atoms with van der Waals surface area (Å²) in [6.07, 6.45) is 4.52. The van der Waals surface area contributed by atoms with Crippen LogP contribution in [0.25, 0.3) is 0 Å². The van der Waals surface area contributed by atoms with Gasteiger partial charge in [0, 0.05) is 13.5 Å². The van der Waals surface area contributed by atoms with Crippen molar-refractivity contribution >= 4 is 0 Å². The van der Waals surface area contributed by atoms with Gasteiger partial charge in [-0.1, -0.05) is 5.16 Å². The highest BCUT2D eigenvalue weighted by Gasteiger charge is 2.26. The van der Waals surface area contributed by atoms with Crippen LogP contribution >= 0.6 is 0 Å². The molecule has 102 valence electrons. The molecule has 0 atom stereocenters. The molecule has 5 heteroatoms. The van der Waals surface area contributed by atoms with Crippen LogP contribution < -0.4 is 5.32 Å². The Labute approximate surface area is 108 Å².